The van der Waals surface area contributed by atoms with Crippen molar-refractivity contribution in [3.05, 3.63) is 105 Å². The standard InChI is InChI=1S/C30H29NO4/c1-4-5-9-15-34-23-14-10-11-21(18-23)27-26-28(32)24-16-19(2)20(3)17-25(24)35-29(26)30(33)31(27)22-12-7-6-8-13-22/h6-8,10-14,16-18,27H,4-5,9,15H2,1-3H3. The molecule has 35 heavy (non-hydrogen) atoms. The topological polar surface area (TPSA) is 59.8 Å². The highest BCUT2D eigenvalue weighted by Gasteiger charge is 2.43. The largest absolute Gasteiger partial charge is 0.494 e. The highest BCUT2D eigenvalue weighted by Crippen LogP contribution is 2.42. The van der Waals surface area contributed by atoms with Crippen LogP contribution in [-0.2, 0) is 0 Å². The van der Waals surface area contributed by atoms with Gasteiger partial charge in [-0.2, -0.15) is 0 Å². The van der Waals surface area contributed by atoms with E-state index < -0.39 is 6.04 Å². The number of aryl methyl sites for hydroxylation is 2. The number of hydrogen-bond donors (Lipinski definition) is 0. The van der Waals surface area contributed by atoms with Crippen LogP contribution in [0.3, 0.4) is 0 Å². The van der Waals surface area contributed by atoms with Crippen LogP contribution in [0.4, 0.5) is 5.69 Å². The van der Waals surface area contributed by atoms with Crippen LogP contribution in [0.25, 0.3) is 11.0 Å². The Labute approximate surface area is 205 Å². The van der Waals surface area contributed by atoms with Gasteiger partial charge in [0.2, 0.25) is 5.76 Å². The molecular weight excluding hydrogens is 438 g/mol. The number of unbranched alkanes of at least 4 members (excludes halogenated alkanes) is 2. The maximum Gasteiger partial charge on any atom is 0.295 e. The molecule has 0 radical (unpaired) electrons. The van der Waals surface area contributed by atoms with Crippen LogP contribution >= 0.6 is 0 Å². The summed E-state index contributed by atoms with van der Waals surface area (Å²) in [7, 11) is 0. The van der Waals surface area contributed by atoms with Gasteiger partial charge >= 0.3 is 0 Å². The number of nitrogens with zero attached hydrogens (tertiary/aromatic N) is 1. The monoisotopic (exact) mass is 467 g/mol. The summed E-state index contributed by atoms with van der Waals surface area (Å²) in [6.07, 6.45) is 3.22. The van der Waals surface area contributed by atoms with Crippen LogP contribution in [0, 0.1) is 13.8 Å². The Balaban J connectivity index is 1.68. The third kappa shape index (κ3) is 4.12. The van der Waals surface area contributed by atoms with E-state index in [1.165, 1.54) is 0 Å². The summed E-state index contributed by atoms with van der Waals surface area (Å²) in [5.41, 5.74) is 4.17. The zero-order valence-corrected chi connectivity index (χ0v) is 20.3. The van der Waals surface area contributed by atoms with Gasteiger partial charge in [0.1, 0.15) is 11.3 Å². The van der Waals surface area contributed by atoms with E-state index in [0.717, 1.165) is 41.7 Å². The Kier molecular flexibility index (Phi) is 6.16. The third-order valence-electron chi connectivity index (χ3n) is 6.71. The van der Waals surface area contributed by atoms with Gasteiger partial charge in [-0.3, -0.25) is 14.5 Å². The van der Waals surface area contributed by atoms with Crippen molar-refractivity contribution in [1.29, 1.82) is 0 Å². The first-order valence-corrected chi connectivity index (χ1v) is 12.2. The average molecular weight is 468 g/mol. The van der Waals surface area contributed by atoms with Crippen molar-refractivity contribution < 1.29 is 13.9 Å². The van der Waals surface area contributed by atoms with E-state index in [4.69, 9.17) is 9.15 Å². The number of carbonyl (C=O) groups is 1. The van der Waals surface area contributed by atoms with E-state index in [0.29, 0.717) is 28.8 Å². The molecule has 4 aromatic rings. The van der Waals surface area contributed by atoms with E-state index in [9.17, 15) is 9.59 Å². The van der Waals surface area contributed by atoms with Gasteiger partial charge in [0.25, 0.3) is 5.91 Å². The molecule has 5 rings (SSSR count). The predicted octanol–water partition coefficient (Wildman–Crippen LogP) is 6.73. The molecule has 0 fully saturated rings. The molecule has 5 heteroatoms. The lowest BCUT2D eigenvalue weighted by Crippen LogP contribution is -2.29. The van der Waals surface area contributed by atoms with Crippen molar-refractivity contribution in [2.75, 3.05) is 11.5 Å². The zero-order valence-electron chi connectivity index (χ0n) is 20.3. The van der Waals surface area contributed by atoms with Gasteiger partial charge in [-0.25, -0.2) is 0 Å². The molecule has 2 heterocycles. The summed E-state index contributed by atoms with van der Waals surface area (Å²) in [4.78, 5) is 29.2. The van der Waals surface area contributed by atoms with Crippen molar-refractivity contribution in [1.82, 2.24) is 0 Å². The Bertz CT molecular complexity index is 1450. The summed E-state index contributed by atoms with van der Waals surface area (Å²) in [6, 6.07) is 20.2. The fraction of sp³-hybridized carbons (Fsp3) is 0.267. The summed E-state index contributed by atoms with van der Waals surface area (Å²) in [5.74, 6) is 0.515. The van der Waals surface area contributed by atoms with Crippen molar-refractivity contribution >= 4 is 22.6 Å². The van der Waals surface area contributed by atoms with E-state index in [1.807, 2.05) is 80.6 Å². The second kappa shape index (κ2) is 9.41. The van der Waals surface area contributed by atoms with Gasteiger partial charge in [0.05, 0.1) is 23.6 Å². The number of para-hydroxylation sites is 1. The van der Waals surface area contributed by atoms with Gasteiger partial charge < -0.3 is 9.15 Å². The minimum Gasteiger partial charge on any atom is -0.494 e. The molecule has 0 N–H and O–H groups in total. The van der Waals surface area contributed by atoms with Gasteiger partial charge in [-0.1, -0.05) is 50.1 Å². The first-order valence-electron chi connectivity index (χ1n) is 12.2. The zero-order chi connectivity index (χ0) is 24.5. The molecule has 0 bridgehead atoms. The molecule has 0 saturated carbocycles. The maximum atomic E-state index is 13.8. The second-order valence-electron chi connectivity index (χ2n) is 9.15. The molecule has 0 saturated heterocycles. The van der Waals surface area contributed by atoms with Crippen LogP contribution in [-0.4, -0.2) is 12.5 Å². The third-order valence-corrected chi connectivity index (χ3v) is 6.71. The summed E-state index contributed by atoms with van der Waals surface area (Å²) >= 11 is 0. The fourth-order valence-electron chi connectivity index (χ4n) is 4.71. The Hall–Kier alpha value is -3.86. The van der Waals surface area contributed by atoms with E-state index in [1.54, 1.807) is 4.90 Å². The summed E-state index contributed by atoms with van der Waals surface area (Å²) in [6.45, 7) is 6.73. The van der Waals surface area contributed by atoms with E-state index in [2.05, 4.69) is 6.92 Å². The lowest BCUT2D eigenvalue weighted by Gasteiger charge is -2.25. The van der Waals surface area contributed by atoms with Gasteiger partial charge in [0, 0.05) is 5.69 Å². The number of hydrogen-bond acceptors (Lipinski definition) is 4. The van der Waals surface area contributed by atoms with Crippen molar-refractivity contribution in [2.45, 2.75) is 46.1 Å². The number of rotatable bonds is 7. The number of carbonyl (C=O) groups excluding carboxylic acids is 1. The summed E-state index contributed by atoms with van der Waals surface area (Å²) in [5, 5.41) is 0.492. The van der Waals surface area contributed by atoms with Crippen molar-refractivity contribution in [2.24, 2.45) is 0 Å². The summed E-state index contributed by atoms with van der Waals surface area (Å²) < 4.78 is 12.1. The quantitative estimate of drug-likeness (QED) is 0.283. The van der Waals surface area contributed by atoms with E-state index in [-0.39, 0.29) is 17.1 Å². The van der Waals surface area contributed by atoms with Crippen LogP contribution in [0.15, 0.2) is 75.9 Å². The molecule has 3 aromatic carbocycles. The van der Waals surface area contributed by atoms with Crippen LogP contribution < -0.4 is 15.1 Å². The number of benzene rings is 3. The van der Waals surface area contributed by atoms with Crippen molar-refractivity contribution in [3.8, 4) is 5.75 Å². The molecule has 1 aliphatic heterocycles. The van der Waals surface area contributed by atoms with E-state index >= 15 is 0 Å². The Morgan fingerprint density at radius 2 is 1.69 bits per heavy atom. The number of amides is 1. The van der Waals surface area contributed by atoms with Crippen LogP contribution in [0.5, 0.6) is 5.75 Å². The molecule has 1 aliphatic rings. The molecule has 0 aliphatic carbocycles. The van der Waals surface area contributed by atoms with Gasteiger partial charge in [0.15, 0.2) is 5.43 Å². The lowest BCUT2D eigenvalue weighted by atomic mass is 9.97. The Morgan fingerprint density at radius 1 is 0.914 bits per heavy atom. The highest BCUT2D eigenvalue weighted by molar-refractivity contribution is 6.10. The first-order chi connectivity index (χ1) is 17.0. The molecule has 5 nitrogen and oxygen atoms in total. The molecule has 1 amide bonds. The second-order valence-corrected chi connectivity index (χ2v) is 9.15. The normalized spacial score (nSPS) is 15.0. The molecule has 1 aromatic heterocycles. The molecule has 0 spiro atoms. The van der Waals surface area contributed by atoms with Gasteiger partial charge in [-0.15, -0.1) is 0 Å². The van der Waals surface area contributed by atoms with Gasteiger partial charge in [-0.05, 0) is 73.4 Å². The smallest absolute Gasteiger partial charge is 0.295 e. The first kappa shape index (κ1) is 22.9. The maximum absolute atomic E-state index is 13.8. The number of anilines is 1. The predicted molar refractivity (Wildman–Crippen MR) is 139 cm³/mol. The number of fused-ring (bicyclic) bond motifs is 2. The minimum atomic E-state index is -0.610. The molecular formula is C30H29NO4. The minimum absolute atomic E-state index is 0.105. The number of ether oxygens (including phenoxy) is 1. The van der Waals surface area contributed by atoms with Crippen LogP contribution in [0.2, 0.25) is 0 Å². The van der Waals surface area contributed by atoms with Crippen LogP contribution in [0.1, 0.15) is 65.0 Å². The molecule has 1 atom stereocenters. The lowest BCUT2D eigenvalue weighted by molar-refractivity contribution is 0.0971. The van der Waals surface area contributed by atoms with Crippen molar-refractivity contribution in [3.63, 3.8) is 0 Å². The SMILES string of the molecule is CCCCCOc1cccc(C2c3c(oc4cc(C)c(C)cc4c3=O)C(=O)N2c2ccccc2)c1. The molecule has 178 valence electrons. The average Bonchev–Trinajstić information content (AvgIpc) is 3.16. The molecule has 1 unspecified atom stereocenters. The fourth-order valence-corrected chi connectivity index (χ4v) is 4.71. The highest BCUT2D eigenvalue weighted by atomic mass is 16.5. The Morgan fingerprint density at radius 3 is 2.46 bits per heavy atom.